The molecule has 8 nitrogen and oxygen atoms in total. The van der Waals surface area contributed by atoms with Crippen LogP contribution >= 0.6 is 0 Å². The zero-order valence-electron chi connectivity index (χ0n) is 9.98. The summed E-state index contributed by atoms with van der Waals surface area (Å²) < 4.78 is 26.8. The van der Waals surface area contributed by atoms with Crippen LogP contribution in [0.5, 0.6) is 0 Å². The van der Waals surface area contributed by atoms with E-state index >= 15 is 0 Å². The van der Waals surface area contributed by atoms with Gasteiger partial charge in [0.15, 0.2) is 5.03 Å². The van der Waals surface area contributed by atoms with Crippen molar-refractivity contribution in [1.29, 1.82) is 0 Å². The van der Waals surface area contributed by atoms with Crippen molar-refractivity contribution in [3.63, 3.8) is 0 Å². The second kappa shape index (κ2) is 4.42. The molecule has 0 radical (unpaired) electrons. The van der Waals surface area contributed by atoms with Crippen LogP contribution in [0.3, 0.4) is 0 Å². The van der Waals surface area contributed by atoms with E-state index in [4.69, 9.17) is 5.73 Å². The highest BCUT2D eigenvalue weighted by Crippen LogP contribution is 2.21. The Kier molecular flexibility index (Phi) is 3.09. The molecule has 0 saturated heterocycles. The molecule has 5 N–H and O–H groups in total. The van der Waals surface area contributed by atoms with Crippen LogP contribution in [0.1, 0.15) is 17.0 Å². The largest absolute Gasteiger partial charge is 0.326 e. The molecule has 0 aromatic carbocycles. The molecular weight excluding hydrogens is 256 g/mol. The van der Waals surface area contributed by atoms with Gasteiger partial charge in [0.05, 0.1) is 23.3 Å². The molecule has 0 bridgehead atoms. The van der Waals surface area contributed by atoms with Crippen molar-refractivity contribution in [1.82, 2.24) is 20.4 Å². The zero-order chi connectivity index (χ0) is 13.3. The number of nitrogens with one attached hydrogen (secondary N) is 3. The number of aryl methyl sites for hydroxylation is 2. The van der Waals surface area contributed by atoms with Crippen molar-refractivity contribution < 1.29 is 8.42 Å². The van der Waals surface area contributed by atoms with E-state index in [2.05, 4.69) is 25.1 Å². The van der Waals surface area contributed by atoms with E-state index in [1.54, 1.807) is 13.8 Å². The second-order valence-electron chi connectivity index (χ2n) is 3.84. The fourth-order valence-electron chi connectivity index (χ4n) is 1.56. The van der Waals surface area contributed by atoms with Crippen LogP contribution in [0.15, 0.2) is 11.2 Å². The van der Waals surface area contributed by atoms with Crippen LogP contribution in [0.25, 0.3) is 0 Å². The molecule has 0 spiro atoms. The van der Waals surface area contributed by atoms with Crippen molar-refractivity contribution in [3.05, 3.63) is 23.1 Å². The van der Waals surface area contributed by atoms with E-state index in [-0.39, 0.29) is 11.6 Å². The highest BCUT2D eigenvalue weighted by atomic mass is 32.2. The fourth-order valence-corrected chi connectivity index (χ4v) is 2.89. The van der Waals surface area contributed by atoms with Gasteiger partial charge in [-0.3, -0.25) is 14.9 Å². The average molecular weight is 270 g/mol. The lowest BCUT2D eigenvalue weighted by Gasteiger charge is -2.07. The Hall–Kier alpha value is -1.87. The third kappa shape index (κ3) is 2.09. The van der Waals surface area contributed by atoms with E-state index in [0.717, 1.165) is 0 Å². The van der Waals surface area contributed by atoms with Gasteiger partial charge in [-0.1, -0.05) is 0 Å². The number of nitrogens with zero attached hydrogens (tertiary/aromatic N) is 2. The molecule has 2 aromatic heterocycles. The van der Waals surface area contributed by atoms with E-state index < -0.39 is 10.0 Å². The van der Waals surface area contributed by atoms with Gasteiger partial charge in [-0.25, -0.2) is 0 Å². The Balaban J connectivity index is 2.39. The molecule has 0 aliphatic heterocycles. The van der Waals surface area contributed by atoms with E-state index in [0.29, 0.717) is 22.6 Å². The first-order valence-electron chi connectivity index (χ1n) is 5.22. The van der Waals surface area contributed by atoms with Gasteiger partial charge in [-0.15, -0.1) is 0 Å². The van der Waals surface area contributed by atoms with Gasteiger partial charge in [-0.2, -0.15) is 18.6 Å². The summed E-state index contributed by atoms with van der Waals surface area (Å²) in [6.07, 6.45) is 1.39. The number of anilines is 1. The molecule has 2 rings (SSSR count). The second-order valence-corrected chi connectivity index (χ2v) is 5.46. The predicted octanol–water partition coefficient (Wildman–Crippen LogP) is 0.00914. The quantitative estimate of drug-likeness (QED) is 0.621. The lowest BCUT2D eigenvalue weighted by Crippen LogP contribution is -2.17. The molecule has 0 atom stereocenters. The van der Waals surface area contributed by atoms with Crippen molar-refractivity contribution in [3.8, 4) is 0 Å². The van der Waals surface area contributed by atoms with E-state index in [1.807, 2.05) is 0 Å². The summed E-state index contributed by atoms with van der Waals surface area (Å²) in [6, 6.07) is 0. The van der Waals surface area contributed by atoms with E-state index in [9.17, 15) is 8.42 Å². The lowest BCUT2D eigenvalue weighted by molar-refractivity contribution is 0.595. The molecule has 0 saturated carbocycles. The highest BCUT2D eigenvalue weighted by molar-refractivity contribution is 7.92. The molecule has 0 aliphatic rings. The lowest BCUT2D eigenvalue weighted by atomic mass is 10.3. The molecule has 0 unspecified atom stereocenters. The monoisotopic (exact) mass is 270 g/mol. The van der Waals surface area contributed by atoms with Crippen LogP contribution in [-0.4, -0.2) is 28.8 Å². The Morgan fingerprint density at radius 3 is 2.67 bits per heavy atom. The number of hydrogen-bond acceptors (Lipinski definition) is 5. The molecular formula is C9H14N6O2S. The summed E-state index contributed by atoms with van der Waals surface area (Å²) in [6.45, 7) is 3.53. The van der Waals surface area contributed by atoms with Gasteiger partial charge in [0.2, 0.25) is 0 Å². The number of H-pyrrole nitrogens is 2. The van der Waals surface area contributed by atoms with Crippen LogP contribution in [0.2, 0.25) is 0 Å². The van der Waals surface area contributed by atoms with Gasteiger partial charge in [0.25, 0.3) is 10.0 Å². The number of rotatable bonds is 4. The Labute approximate surface area is 104 Å². The third-order valence-electron chi connectivity index (χ3n) is 2.53. The molecule has 18 heavy (non-hydrogen) atoms. The minimum Gasteiger partial charge on any atom is -0.326 e. The fraction of sp³-hybridized carbons (Fsp3) is 0.333. The molecule has 0 amide bonds. The maximum atomic E-state index is 12.2. The number of nitrogens with two attached hydrogens (primary N) is 1. The van der Waals surface area contributed by atoms with Gasteiger partial charge in [-0.05, 0) is 13.8 Å². The number of aromatic nitrogens is 4. The van der Waals surface area contributed by atoms with Crippen LogP contribution < -0.4 is 10.5 Å². The smallest absolute Gasteiger partial charge is 0.279 e. The Bertz CT molecular complexity index is 637. The van der Waals surface area contributed by atoms with Gasteiger partial charge >= 0.3 is 0 Å². The standard InChI is InChI=1S/C9H14N6O2S/c1-5-8(6(2)13-12-5)15-18(16,17)9-7(3-10)4-11-14-9/h4,15H,3,10H2,1-2H3,(H,11,14)(H,12,13). The third-order valence-corrected chi connectivity index (χ3v) is 3.90. The summed E-state index contributed by atoms with van der Waals surface area (Å²) in [7, 11) is -3.74. The maximum absolute atomic E-state index is 12.2. The van der Waals surface area contributed by atoms with E-state index in [1.165, 1.54) is 6.20 Å². The van der Waals surface area contributed by atoms with Crippen LogP contribution in [-0.2, 0) is 16.6 Å². The summed E-state index contributed by atoms with van der Waals surface area (Å²) in [5.74, 6) is 0. The highest BCUT2D eigenvalue weighted by Gasteiger charge is 2.22. The van der Waals surface area contributed by atoms with Crippen LogP contribution in [0.4, 0.5) is 5.69 Å². The van der Waals surface area contributed by atoms with Gasteiger partial charge < -0.3 is 5.73 Å². The predicted molar refractivity (Wildman–Crippen MR) is 65.3 cm³/mol. The zero-order valence-corrected chi connectivity index (χ0v) is 10.8. The Morgan fingerprint density at radius 1 is 1.39 bits per heavy atom. The van der Waals surface area contributed by atoms with Crippen LogP contribution in [0, 0.1) is 13.8 Å². The molecule has 9 heteroatoms. The van der Waals surface area contributed by atoms with Gasteiger partial charge in [0.1, 0.15) is 0 Å². The first kappa shape index (κ1) is 12.6. The summed E-state index contributed by atoms with van der Waals surface area (Å²) in [4.78, 5) is 0. The average Bonchev–Trinajstić information content (AvgIpc) is 2.91. The number of sulfonamides is 1. The van der Waals surface area contributed by atoms with Crippen molar-refractivity contribution in [2.75, 3.05) is 4.72 Å². The maximum Gasteiger partial charge on any atom is 0.279 e. The normalized spacial score (nSPS) is 11.7. The first-order valence-corrected chi connectivity index (χ1v) is 6.70. The molecule has 2 heterocycles. The first-order chi connectivity index (χ1) is 8.45. The SMILES string of the molecule is Cc1n[nH]c(C)c1NS(=O)(=O)c1[nH]ncc1CN. The number of aromatic amines is 2. The molecule has 98 valence electrons. The molecule has 2 aromatic rings. The minimum absolute atomic E-state index is 0.0231. The van der Waals surface area contributed by atoms with Crippen molar-refractivity contribution in [2.45, 2.75) is 25.4 Å². The topological polar surface area (TPSA) is 130 Å². The summed E-state index contributed by atoms with van der Waals surface area (Å²) in [5.41, 5.74) is 7.54. The van der Waals surface area contributed by atoms with Crippen molar-refractivity contribution in [2.24, 2.45) is 5.73 Å². The summed E-state index contributed by atoms with van der Waals surface area (Å²) in [5, 5.41) is 12.7. The number of hydrogen-bond donors (Lipinski definition) is 4. The minimum atomic E-state index is -3.74. The van der Waals surface area contributed by atoms with Gasteiger partial charge in [0, 0.05) is 12.1 Å². The molecule has 0 fully saturated rings. The Morgan fingerprint density at radius 2 is 2.11 bits per heavy atom. The molecule has 0 aliphatic carbocycles. The van der Waals surface area contributed by atoms with Crippen molar-refractivity contribution >= 4 is 15.7 Å². The summed E-state index contributed by atoms with van der Waals surface area (Å²) >= 11 is 0.